The van der Waals surface area contributed by atoms with Crippen LogP contribution in [0, 0.1) is 0 Å². The van der Waals surface area contributed by atoms with Crippen LogP contribution >= 0.6 is 0 Å². The number of fused-ring (bicyclic) bond motifs is 1. The van der Waals surface area contributed by atoms with Crippen LogP contribution in [0.1, 0.15) is 26.3 Å². The molecule has 0 saturated heterocycles. The number of aromatic nitrogens is 3. The summed E-state index contributed by atoms with van der Waals surface area (Å²) in [7, 11) is 0. The topological polar surface area (TPSA) is 63.2 Å². The summed E-state index contributed by atoms with van der Waals surface area (Å²) in [6.07, 6.45) is 3.37. The van der Waals surface area contributed by atoms with E-state index in [0.29, 0.717) is 24.8 Å². The van der Waals surface area contributed by atoms with Crippen molar-refractivity contribution in [2.75, 3.05) is 29.9 Å². The lowest BCUT2D eigenvalue weighted by molar-refractivity contribution is 0.337. The Morgan fingerprint density at radius 3 is 2.46 bits per heavy atom. The largest absolute Gasteiger partial charge is 0.491 e. The van der Waals surface area contributed by atoms with Crippen LogP contribution in [0.3, 0.4) is 0 Å². The van der Waals surface area contributed by atoms with E-state index in [9.17, 15) is 0 Å². The molecule has 0 atom stereocenters. The maximum Gasteiger partial charge on any atom is 0.223 e. The first-order valence-corrected chi connectivity index (χ1v) is 9.07. The van der Waals surface area contributed by atoms with Gasteiger partial charge in [-0.05, 0) is 32.9 Å². The Balaban J connectivity index is 1.86. The number of nitrogens with zero attached hydrogens (tertiary/aromatic N) is 4. The molecule has 6 nitrogen and oxygen atoms in total. The number of ether oxygens (including phenoxy) is 1. The molecule has 0 aliphatic heterocycles. The van der Waals surface area contributed by atoms with E-state index in [4.69, 9.17) is 9.72 Å². The predicted octanol–water partition coefficient (Wildman–Crippen LogP) is 3.88. The Bertz CT molecular complexity index is 846. The number of hydrogen-bond donors (Lipinski definition) is 1. The lowest BCUT2D eigenvalue weighted by Crippen LogP contribution is -2.25. The molecule has 1 aromatic carbocycles. The van der Waals surface area contributed by atoms with Crippen LogP contribution in [0.15, 0.2) is 42.7 Å². The molecule has 0 bridgehead atoms. The summed E-state index contributed by atoms with van der Waals surface area (Å²) in [5.74, 6) is 2.26. The van der Waals surface area contributed by atoms with Crippen molar-refractivity contribution in [1.82, 2.24) is 15.0 Å². The van der Waals surface area contributed by atoms with Crippen molar-refractivity contribution in [3.63, 3.8) is 0 Å². The second-order valence-corrected chi connectivity index (χ2v) is 5.87. The fourth-order valence-electron chi connectivity index (χ4n) is 2.90. The van der Waals surface area contributed by atoms with Gasteiger partial charge in [-0.2, -0.15) is 0 Å². The molecular weight excluding hydrogens is 326 g/mol. The van der Waals surface area contributed by atoms with Crippen LogP contribution < -0.4 is 15.0 Å². The zero-order chi connectivity index (χ0) is 18.4. The highest BCUT2D eigenvalue weighted by Crippen LogP contribution is 2.24. The third kappa shape index (κ3) is 4.02. The zero-order valence-corrected chi connectivity index (χ0v) is 15.6. The maximum atomic E-state index is 5.38. The summed E-state index contributed by atoms with van der Waals surface area (Å²) < 4.78 is 5.38. The maximum absolute atomic E-state index is 5.38. The van der Waals surface area contributed by atoms with Crippen molar-refractivity contribution in [2.45, 2.75) is 27.3 Å². The smallest absolute Gasteiger partial charge is 0.223 e. The molecule has 0 saturated carbocycles. The number of rotatable bonds is 8. The normalized spacial score (nSPS) is 10.7. The highest BCUT2D eigenvalue weighted by molar-refractivity contribution is 5.82. The van der Waals surface area contributed by atoms with Gasteiger partial charge in [-0.3, -0.25) is 0 Å². The van der Waals surface area contributed by atoms with Gasteiger partial charge >= 0.3 is 0 Å². The van der Waals surface area contributed by atoms with Crippen molar-refractivity contribution in [3.8, 4) is 5.75 Å². The van der Waals surface area contributed by atoms with Crippen LogP contribution in [0.2, 0.25) is 0 Å². The predicted molar refractivity (Wildman–Crippen MR) is 106 cm³/mol. The summed E-state index contributed by atoms with van der Waals surface area (Å²) in [5, 5.41) is 4.43. The van der Waals surface area contributed by atoms with Gasteiger partial charge in [0, 0.05) is 30.6 Å². The minimum absolute atomic E-state index is 0.576. The van der Waals surface area contributed by atoms with Crippen LogP contribution in [0.5, 0.6) is 5.75 Å². The molecule has 3 aromatic rings. The third-order valence-electron chi connectivity index (χ3n) is 4.22. The molecule has 136 valence electrons. The number of para-hydroxylation sites is 1. The van der Waals surface area contributed by atoms with Crippen molar-refractivity contribution in [3.05, 3.63) is 48.3 Å². The molecule has 0 radical (unpaired) electrons. The van der Waals surface area contributed by atoms with Gasteiger partial charge in [0.25, 0.3) is 0 Å². The average molecular weight is 351 g/mol. The molecular formula is C20H25N5O. The number of hydrogen-bond acceptors (Lipinski definition) is 6. The first-order valence-electron chi connectivity index (χ1n) is 9.07. The Hall–Kier alpha value is -2.89. The molecule has 0 amide bonds. The first kappa shape index (κ1) is 17.9. The molecule has 2 heterocycles. The van der Waals surface area contributed by atoms with Crippen molar-refractivity contribution < 1.29 is 4.74 Å². The first-order chi connectivity index (χ1) is 12.7. The van der Waals surface area contributed by atoms with E-state index in [1.165, 1.54) is 0 Å². The van der Waals surface area contributed by atoms with Crippen LogP contribution in [-0.4, -0.2) is 34.6 Å². The highest BCUT2D eigenvalue weighted by Gasteiger charge is 2.12. The highest BCUT2D eigenvalue weighted by atomic mass is 16.5. The average Bonchev–Trinajstić information content (AvgIpc) is 2.68. The van der Waals surface area contributed by atoms with Crippen LogP contribution in [0.25, 0.3) is 10.9 Å². The molecule has 1 N–H and O–H groups in total. The minimum atomic E-state index is 0.576. The van der Waals surface area contributed by atoms with Gasteiger partial charge in [0.15, 0.2) is 5.75 Å². The van der Waals surface area contributed by atoms with E-state index in [1.807, 2.05) is 19.1 Å². The molecule has 0 aliphatic rings. The molecule has 3 rings (SSSR count). The SMILES string of the molecule is CCOc1cnc(NCc2cc3ccccc3nc2N(CC)CC)nc1. The monoisotopic (exact) mass is 351 g/mol. The second kappa shape index (κ2) is 8.47. The second-order valence-electron chi connectivity index (χ2n) is 5.87. The molecule has 0 spiro atoms. The number of anilines is 2. The van der Waals surface area contributed by atoms with Gasteiger partial charge < -0.3 is 15.0 Å². The van der Waals surface area contributed by atoms with E-state index in [1.54, 1.807) is 12.4 Å². The van der Waals surface area contributed by atoms with E-state index < -0.39 is 0 Å². The van der Waals surface area contributed by atoms with E-state index in [0.717, 1.165) is 35.4 Å². The standard InChI is InChI=1S/C20H25N5O/c1-4-25(5-2)19-16(11-15-9-7-8-10-18(15)24-19)12-21-20-22-13-17(14-23-20)26-6-3/h7-11,13-14H,4-6,12H2,1-3H3,(H,21,22,23). The molecule has 0 aliphatic carbocycles. The van der Waals surface area contributed by atoms with E-state index in [-0.39, 0.29) is 0 Å². The number of benzene rings is 1. The van der Waals surface area contributed by atoms with Crippen molar-refractivity contribution in [2.24, 2.45) is 0 Å². The number of pyridine rings is 1. The van der Waals surface area contributed by atoms with Crippen molar-refractivity contribution >= 4 is 22.7 Å². The van der Waals surface area contributed by atoms with Gasteiger partial charge in [-0.1, -0.05) is 18.2 Å². The Labute approximate surface area is 154 Å². The molecule has 0 unspecified atom stereocenters. The summed E-state index contributed by atoms with van der Waals surface area (Å²) in [4.78, 5) is 15.8. The summed E-state index contributed by atoms with van der Waals surface area (Å²) in [6.45, 7) is 9.26. The number of nitrogens with one attached hydrogen (secondary N) is 1. The summed E-state index contributed by atoms with van der Waals surface area (Å²) >= 11 is 0. The van der Waals surface area contributed by atoms with E-state index >= 15 is 0 Å². The fraction of sp³-hybridized carbons (Fsp3) is 0.350. The Kier molecular flexibility index (Phi) is 5.84. The van der Waals surface area contributed by atoms with Gasteiger partial charge in [0.2, 0.25) is 5.95 Å². The van der Waals surface area contributed by atoms with Gasteiger partial charge in [0.1, 0.15) is 5.82 Å². The van der Waals surface area contributed by atoms with Gasteiger partial charge in [-0.25, -0.2) is 15.0 Å². The summed E-state index contributed by atoms with van der Waals surface area (Å²) in [6, 6.07) is 10.4. The molecule has 2 aromatic heterocycles. The van der Waals surface area contributed by atoms with Crippen LogP contribution in [0.4, 0.5) is 11.8 Å². The minimum Gasteiger partial charge on any atom is -0.491 e. The zero-order valence-electron chi connectivity index (χ0n) is 15.6. The Morgan fingerprint density at radius 1 is 1.04 bits per heavy atom. The molecule has 26 heavy (non-hydrogen) atoms. The fourth-order valence-corrected chi connectivity index (χ4v) is 2.90. The third-order valence-corrected chi connectivity index (χ3v) is 4.22. The Morgan fingerprint density at radius 2 is 1.77 bits per heavy atom. The van der Waals surface area contributed by atoms with Crippen molar-refractivity contribution in [1.29, 1.82) is 0 Å². The molecule has 0 fully saturated rings. The quantitative estimate of drug-likeness (QED) is 0.664. The molecule has 6 heteroatoms. The van der Waals surface area contributed by atoms with Gasteiger partial charge in [-0.15, -0.1) is 0 Å². The van der Waals surface area contributed by atoms with E-state index in [2.05, 4.69) is 52.2 Å². The lowest BCUT2D eigenvalue weighted by Gasteiger charge is -2.23. The van der Waals surface area contributed by atoms with Crippen LogP contribution in [-0.2, 0) is 6.54 Å². The van der Waals surface area contributed by atoms with Gasteiger partial charge in [0.05, 0.1) is 24.5 Å². The lowest BCUT2D eigenvalue weighted by atomic mass is 10.1. The summed E-state index contributed by atoms with van der Waals surface area (Å²) in [5.41, 5.74) is 2.14.